The predicted molar refractivity (Wildman–Crippen MR) is 133 cm³/mol. The average molecular weight is 418 g/mol. The number of aromatic carboxylic acids is 1. The van der Waals surface area contributed by atoms with E-state index in [1.807, 2.05) is 12.1 Å². The van der Waals surface area contributed by atoms with E-state index in [4.69, 9.17) is 0 Å². The van der Waals surface area contributed by atoms with Crippen LogP contribution < -0.4 is 4.90 Å². The Hall–Kier alpha value is -4.11. The number of nitrogens with zero attached hydrogens (tertiary/aromatic N) is 1. The first-order chi connectivity index (χ1) is 15.5. The Morgan fingerprint density at radius 2 is 1.34 bits per heavy atom. The normalized spacial score (nSPS) is 11.1. The van der Waals surface area contributed by atoms with Crippen LogP contribution in [0.2, 0.25) is 0 Å². The molecular formula is C29H23NO2. The molecule has 32 heavy (non-hydrogen) atoms. The Labute approximate surface area is 187 Å². The van der Waals surface area contributed by atoms with Crippen molar-refractivity contribution in [2.75, 3.05) is 4.90 Å². The van der Waals surface area contributed by atoms with E-state index in [0.29, 0.717) is 0 Å². The lowest BCUT2D eigenvalue weighted by Crippen LogP contribution is -2.11. The van der Waals surface area contributed by atoms with Gasteiger partial charge in [-0.15, -0.1) is 0 Å². The van der Waals surface area contributed by atoms with Gasteiger partial charge in [-0.3, -0.25) is 0 Å². The number of carbonyl (C=O) groups is 1. The van der Waals surface area contributed by atoms with Crippen LogP contribution in [-0.4, -0.2) is 11.1 Å². The standard InChI is InChI=1S/C29H23NO2/c1-19-7-9-23-18-25(15-12-22(23)17-19)30(24-13-10-21(11-14-24)29(31)32)28-16-8-20(2)26-5-3-4-6-27(26)28/h3-18H,1-2H3,(H,31,32). The summed E-state index contributed by atoms with van der Waals surface area (Å²) in [7, 11) is 0. The van der Waals surface area contributed by atoms with Crippen molar-refractivity contribution in [3.8, 4) is 0 Å². The zero-order valence-electron chi connectivity index (χ0n) is 18.0. The quantitative estimate of drug-likeness (QED) is 0.325. The molecule has 0 unspecified atom stereocenters. The number of benzene rings is 5. The summed E-state index contributed by atoms with van der Waals surface area (Å²) >= 11 is 0. The monoisotopic (exact) mass is 417 g/mol. The van der Waals surface area contributed by atoms with E-state index < -0.39 is 5.97 Å². The number of rotatable bonds is 4. The maximum absolute atomic E-state index is 11.4. The van der Waals surface area contributed by atoms with Crippen molar-refractivity contribution in [1.29, 1.82) is 0 Å². The van der Waals surface area contributed by atoms with Crippen molar-refractivity contribution in [1.82, 2.24) is 0 Å². The predicted octanol–water partition coefficient (Wildman–Crippen LogP) is 7.78. The zero-order chi connectivity index (χ0) is 22.2. The average Bonchev–Trinajstić information content (AvgIpc) is 2.81. The van der Waals surface area contributed by atoms with Gasteiger partial charge < -0.3 is 10.0 Å². The SMILES string of the molecule is Cc1ccc2cc(N(c3ccc(C(=O)O)cc3)c3ccc(C)c4ccccc34)ccc2c1. The second kappa shape index (κ2) is 7.86. The molecule has 156 valence electrons. The van der Waals surface area contributed by atoms with Gasteiger partial charge in [0.15, 0.2) is 0 Å². The Bertz CT molecular complexity index is 1470. The molecule has 0 saturated heterocycles. The molecule has 0 radical (unpaired) electrons. The summed E-state index contributed by atoms with van der Waals surface area (Å²) in [4.78, 5) is 13.6. The number of aryl methyl sites for hydroxylation is 2. The largest absolute Gasteiger partial charge is 0.478 e. The second-order valence-corrected chi connectivity index (χ2v) is 8.17. The Morgan fingerprint density at radius 3 is 2.09 bits per heavy atom. The van der Waals surface area contributed by atoms with Crippen LogP contribution in [0, 0.1) is 13.8 Å². The van der Waals surface area contributed by atoms with E-state index in [1.165, 1.54) is 21.9 Å². The van der Waals surface area contributed by atoms with Gasteiger partial charge in [0.1, 0.15) is 0 Å². The van der Waals surface area contributed by atoms with E-state index >= 15 is 0 Å². The highest BCUT2D eigenvalue weighted by molar-refractivity contribution is 6.01. The molecule has 0 bridgehead atoms. The van der Waals surface area contributed by atoms with Crippen molar-refractivity contribution in [2.24, 2.45) is 0 Å². The molecule has 0 aliphatic heterocycles. The van der Waals surface area contributed by atoms with Gasteiger partial charge in [0, 0.05) is 16.8 Å². The summed E-state index contributed by atoms with van der Waals surface area (Å²) in [6.07, 6.45) is 0. The molecule has 0 aromatic heterocycles. The molecule has 3 heteroatoms. The highest BCUT2D eigenvalue weighted by atomic mass is 16.4. The zero-order valence-corrected chi connectivity index (χ0v) is 18.0. The maximum atomic E-state index is 11.4. The first-order valence-corrected chi connectivity index (χ1v) is 10.6. The van der Waals surface area contributed by atoms with Crippen molar-refractivity contribution in [2.45, 2.75) is 13.8 Å². The highest BCUT2D eigenvalue weighted by Gasteiger charge is 2.17. The van der Waals surface area contributed by atoms with Crippen molar-refractivity contribution >= 4 is 44.6 Å². The van der Waals surface area contributed by atoms with Crippen molar-refractivity contribution in [3.63, 3.8) is 0 Å². The van der Waals surface area contributed by atoms with Gasteiger partial charge in [-0.2, -0.15) is 0 Å². The van der Waals surface area contributed by atoms with E-state index in [9.17, 15) is 9.90 Å². The van der Waals surface area contributed by atoms with Gasteiger partial charge in [-0.25, -0.2) is 4.79 Å². The lowest BCUT2D eigenvalue weighted by Gasteiger charge is -2.27. The molecule has 3 nitrogen and oxygen atoms in total. The molecule has 0 spiro atoms. The number of anilines is 3. The molecule has 1 N–H and O–H groups in total. The van der Waals surface area contributed by atoms with Crippen LogP contribution in [0.3, 0.4) is 0 Å². The number of hydrogen-bond donors (Lipinski definition) is 1. The molecule has 0 aliphatic rings. The minimum Gasteiger partial charge on any atom is -0.478 e. The van der Waals surface area contributed by atoms with Gasteiger partial charge in [-0.05, 0) is 78.0 Å². The molecule has 0 heterocycles. The van der Waals surface area contributed by atoms with E-state index in [2.05, 4.69) is 91.5 Å². The van der Waals surface area contributed by atoms with Crippen LogP contribution in [0.5, 0.6) is 0 Å². The topological polar surface area (TPSA) is 40.5 Å². The second-order valence-electron chi connectivity index (χ2n) is 8.17. The fourth-order valence-electron chi connectivity index (χ4n) is 4.30. The first-order valence-electron chi connectivity index (χ1n) is 10.6. The summed E-state index contributed by atoms with van der Waals surface area (Å²) in [6, 6.07) is 32.7. The number of carboxylic acids is 1. The Kier molecular flexibility index (Phi) is 4.87. The first kappa shape index (κ1) is 19.8. The van der Waals surface area contributed by atoms with Gasteiger partial charge in [0.2, 0.25) is 0 Å². The summed E-state index contributed by atoms with van der Waals surface area (Å²) in [5, 5.41) is 14.1. The van der Waals surface area contributed by atoms with Crippen LogP contribution in [0.4, 0.5) is 17.1 Å². The third-order valence-corrected chi connectivity index (χ3v) is 5.97. The Balaban J connectivity index is 1.76. The molecular weight excluding hydrogens is 394 g/mol. The van der Waals surface area contributed by atoms with Crippen molar-refractivity contribution < 1.29 is 9.90 Å². The molecule has 0 saturated carbocycles. The van der Waals surface area contributed by atoms with Gasteiger partial charge in [0.05, 0.1) is 11.3 Å². The van der Waals surface area contributed by atoms with Gasteiger partial charge >= 0.3 is 5.97 Å². The highest BCUT2D eigenvalue weighted by Crippen LogP contribution is 2.40. The third kappa shape index (κ3) is 3.48. The summed E-state index contributed by atoms with van der Waals surface area (Å²) < 4.78 is 0. The third-order valence-electron chi connectivity index (χ3n) is 5.97. The van der Waals surface area contributed by atoms with Crippen LogP contribution >= 0.6 is 0 Å². The number of hydrogen-bond acceptors (Lipinski definition) is 2. The minimum atomic E-state index is -0.926. The fraction of sp³-hybridized carbons (Fsp3) is 0.0690. The molecule has 5 aromatic carbocycles. The molecule has 5 rings (SSSR count). The van der Waals surface area contributed by atoms with Gasteiger partial charge in [-0.1, -0.05) is 60.2 Å². The summed E-state index contributed by atoms with van der Waals surface area (Å²) in [6.45, 7) is 4.22. The van der Waals surface area contributed by atoms with Crippen molar-refractivity contribution in [3.05, 3.63) is 114 Å². The maximum Gasteiger partial charge on any atom is 0.335 e. The lowest BCUT2D eigenvalue weighted by molar-refractivity contribution is 0.0697. The minimum absolute atomic E-state index is 0.274. The molecule has 0 aliphatic carbocycles. The van der Waals surface area contributed by atoms with E-state index in [-0.39, 0.29) is 5.56 Å². The molecule has 0 amide bonds. The van der Waals surface area contributed by atoms with Crippen LogP contribution in [0.25, 0.3) is 21.5 Å². The molecule has 0 fully saturated rings. The molecule has 5 aromatic rings. The Morgan fingerprint density at radius 1 is 0.688 bits per heavy atom. The summed E-state index contributed by atoms with van der Waals surface area (Å²) in [5.74, 6) is -0.926. The van der Waals surface area contributed by atoms with E-state index in [0.717, 1.165) is 27.8 Å². The van der Waals surface area contributed by atoms with E-state index in [1.54, 1.807) is 12.1 Å². The fourth-order valence-corrected chi connectivity index (χ4v) is 4.30. The number of carboxylic acid groups (broad SMARTS) is 1. The van der Waals surface area contributed by atoms with Crippen LogP contribution in [0.1, 0.15) is 21.5 Å². The smallest absolute Gasteiger partial charge is 0.335 e. The lowest BCUT2D eigenvalue weighted by atomic mass is 10.0. The van der Waals surface area contributed by atoms with Crippen LogP contribution in [-0.2, 0) is 0 Å². The molecule has 0 atom stereocenters. The number of fused-ring (bicyclic) bond motifs is 2. The summed E-state index contributed by atoms with van der Waals surface area (Å²) in [5.41, 5.74) is 5.72. The van der Waals surface area contributed by atoms with Crippen LogP contribution in [0.15, 0.2) is 97.1 Å². The van der Waals surface area contributed by atoms with Gasteiger partial charge in [0.25, 0.3) is 0 Å².